The molecule has 0 amide bonds. The van der Waals surface area contributed by atoms with Crippen LogP contribution >= 0.6 is 23.6 Å². The largest absolute Gasteiger partial charge is 0.341 e. The number of fused-ring (bicyclic) bond motifs is 1. The molecule has 1 aliphatic heterocycles. The molecule has 1 aromatic heterocycles. The lowest BCUT2D eigenvalue weighted by atomic mass is 9.96. The minimum Gasteiger partial charge on any atom is -0.341 e. The van der Waals surface area contributed by atoms with Gasteiger partial charge in [-0.05, 0) is 78.7 Å². The molecule has 5 heteroatoms. The molecule has 2 nitrogen and oxygen atoms in total. The number of hydrogen-bond acceptors (Lipinski definition) is 2. The van der Waals surface area contributed by atoms with Gasteiger partial charge >= 0.3 is 0 Å². The van der Waals surface area contributed by atoms with E-state index in [-0.39, 0.29) is 5.82 Å². The van der Waals surface area contributed by atoms with Gasteiger partial charge in [0.25, 0.3) is 0 Å². The van der Waals surface area contributed by atoms with E-state index in [0.717, 1.165) is 29.7 Å². The van der Waals surface area contributed by atoms with Gasteiger partial charge in [0.1, 0.15) is 5.82 Å². The molecule has 22 heavy (non-hydrogen) atoms. The molecule has 1 aliphatic carbocycles. The van der Waals surface area contributed by atoms with E-state index < -0.39 is 0 Å². The minimum absolute atomic E-state index is 0.229. The molecule has 0 unspecified atom stereocenters. The van der Waals surface area contributed by atoms with E-state index in [1.54, 1.807) is 12.1 Å². The number of nitrogens with zero attached hydrogens (tertiary/aromatic N) is 1. The highest BCUT2D eigenvalue weighted by Gasteiger charge is 2.40. The van der Waals surface area contributed by atoms with Crippen LogP contribution in [0.3, 0.4) is 0 Å². The molecule has 2 heterocycles. The average Bonchev–Trinajstić information content (AvgIpc) is 3.25. The first-order chi connectivity index (χ1) is 10.7. The molecule has 0 saturated heterocycles. The summed E-state index contributed by atoms with van der Waals surface area (Å²) >= 11 is 7.50. The van der Waals surface area contributed by atoms with E-state index in [0.29, 0.717) is 6.04 Å². The van der Waals surface area contributed by atoms with Crippen LogP contribution in [0, 0.1) is 11.7 Å². The molecular weight excluding hydrogens is 315 g/mol. The Labute approximate surface area is 139 Å². The van der Waals surface area contributed by atoms with Crippen molar-refractivity contribution in [1.82, 2.24) is 4.90 Å². The van der Waals surface area contributed by atoms with Gasteiger partial charge in [-0.2, -0.15) is 0 Å². The smallest absolute Gasteiger partial charge is 0.173 e. The Kier molecular flexibility index (Phi) is 3.62. The number of anilines is 1. The Morgan fingerprint density at radius 2 is 2.00 bits per heavy atom. The van der Waals surface area contributed by atoms with Gasteiger partial charge in [-0.25, -0.2) is 4.39 Å². The predicted octanol–water partition coefficient (Wildman–Crippen LogP) is 4.59. The van der Waals surface area contributed by atoms with Crippen molar-refractivity contribution in [2.45, 2.75) is 25.3 Å². The van der Waals surface area contributed by atoms with Crippen molar-refractivity contribution >= 4 is 34.4 Å². The molecule has 0 bridgehead atoms. The van der Waals surface area contributed by atoms with E-state index >= 15 is 0 Å². The molecule has 0 radical (unpaired) electrons. The SMILES string of the molecule is Fc1ccc(NC(=S)N2CCc3sccc3[C@H]2C2CC2)cc1. The van der Waals surface area contributed by atoms with Gasteiger partial charge < -0.3 is 10.2 Å². The Morgan fingerprint density at radius 3 is 2.73 bits per heavy atom. The van der Waals surface area contributed by atoms with E-state index in [1.165, 1.54) is 35.4 Å². The Morgan fingerprint density at radius 1 is 1.23 bits per heavy atom. The van der Waals surface area contributed by atoms with Crippen LogP contribution in [0.15, 0.2) is 35.7 Å². The average molecular weight is 332 g/mol. The van der Waals surface area contributed by atoms with E-state index in [4.69, 9.17) is 12.2 Å². The third-order valence-electron chi connectivity index (χ3n) is 4.44. The van der Waals surface area contributed by atoms with Gasteiger partial charge in [0.15, 0.2) is 5.11 Å². The molecule has 1 saturated carbocycles. The maximum Gasteiger partial charge on any atom is 0.173 e. The standard InChI is InChI=1S/C17H17FN2S2/c18-12-3-5-13(6-4-12)19-17(21)20-9-7-15-14(8-10-22-15)16(20)11-1-2-11/h3-6,8,10-11,16H,1-2,7,9H2,(H,19,21)/t16-/m1/s1. The number of benzene rings is 1. The van der Waals surface area contributed by atoms with Gasteiger partial charge in [-0.1, -0.05) is 0 Å². The van der Waals surface area contributed by atoms with Crippen molar-refractivity contribution in [3.05, 3.63) is 52.0 Å². The van der Waals surface area contributed by atoms with Crippen LogP contribution in [-0.2, 0) is 6.42 Å². The van der Waals surface area contributed by atoms with Gasteiger partial charge in [-0.3, -0.25) is 0 Å². The summed E-state index contributed by atoms with van der Waals surface area (Å²) in [4.78, 5) is 3.84. The van der Waals surface area contributed by atoms with Crippen LogP contribution in [0.25, 0.3) is 0 Å². The second kappa shape index (κ2) is 5.63. The van der Waals surface area contributed by atoms with Gasteiger partial charge in [0.05, 0.1) is 6.04 Å². The lowest BCUT2D eigenvalue weighted by Gasteiger charge is -2.38. The zero-order valence-electron chi connectivity index (χ0n) is 12.1. The quantitative estimate of drug-likeness (QED) is 0.810. The van der Waals surface area contributed by atoms with Crippen LogP contribution in [-0.4, -0.2) is 16.6 Å². The molecule has 1 atom stereocenters. The Balaban J connectivity index is 1.56. The molecule has 1 aromatic carbocycles. The molecule has 1 N–H and O–H groups in total. The number of rotatable bonds is 2. The summed E-state index contributed by atoms with van der Waals surface area (Å²) in [7, 11) is 0. The fourth-order valence-corrected chi connectivity index (χ4v) is 4.46. The second-order valence-corrected chi connectivity index (χ2v) is 7.35. The molecule has 1 fully saturated rings. The third kappa shape index (κ3) is 2.63. The maximum atomic E-state index is 13.0. The van der Waals surface area contributed by atoms with Crippen molar-refractivity contribution in [2.24, 2.45) is 5.92 Å². The van der Waals surface area contributed by atoms with Crippen molar-refractivity contribution in [3.8, 4) is 0 Å². The number of hydrogen-bond donors (Lipinski definition) is 1. The maximum absolute atomic E-state index is 13.0. The fourth-order valence-electron chi connectivity index (χ4n) is 3.22. The highest BCUT2D eigenvalue weighted by molar-refractivity contribution is 7.80. The predicted molar refractivity (Wildman–Crippen MR) is 92.8 cm³/mol. The van der Waals surface area contributed by atoms with E-state index in [9.17, 15) is 4.39 Å². The Hall–Kier alpha value is -1.46. The lowest BCUT2D eigenvalue weighted by Crippen LogP contribution is -2.42. The Bertz CT molecular complexity index is 691. The second-order valence-electron chi connectivity index (χ2n) is 5.96. The van der Waals surface area contributed by atoms with E-state index in [1.807, 2.05) is 11.3 Å². The number of halogens is 1. The summed E-state index contributed by atoms with van der Waals surface area (Å²) in [6.07, 6.45) is 3.63. The summed E-state index contributed by atoms with van der Waals surface area (Å²) in [6, 6.07) is 9.04. The summed E-state index contributed by atoms with van der Waals surface area (Å²) in [5.41, 5.74) is 2.30. The molecule has 2 aromatic rings. The highest BCUT2D eigenvalue weighted by Crippen LogP contribution is 2.48. The van der Waals surface area contributed by atoms with Crippen LogP contribution in [0.2, 0.25) is 0 Å². The van der Waals surface area contributed by atoms with Crippen LogP contribution < -0.4 is 5.32 Å². The first kappa shape index (κ1) is 14.2. The van der Waals surface area contributed by atoms with Crippen LogP contribution in [0.5, 0.6) is 0 Å². The van der Waals surface area contributed by atoms with E-state index in [2.05, 4.69) is 21.7 Å². The minimum atomic E-state index is -0.229. The molecular formula is C17H17FN2S2. The molecule has 2 aliphatic rings. The van der Waals surface area contributed by atoms with Crippen molar-refractivity contribution in [2.75, 3.05) is 11.9 Å². The molecule has 4 rings (SSSR count). The zero-order valence-corrected chi connectivity index (χ0v) is 13.7. The lowest BCUT2D eigenvalue weighted by molar-refractivity contribution is 0.276. The van der Waals surface area contributed by atoms with Crippen LogP contribution in [0.4, 0.5) is 10.1 Å². The monoisotopic (exact) mass is 332 g/mol. The molecule has 114 valence electrons. The van der Waals surface area contributed by atoms with Gasteiger partial charge in [0, 0.05) is 17.1 Å². The molecule has 0 spiro atoms. The number of thiocarbonyl (C=S) groups is 1. The zero-order chi connectivity index (χ0) is 15.1. The summed E-state index contributed by atoms with van der Waals surface area (Å²) in [5, 5.41) is 6.21. The third-order valence-corrected chi connectivity index (χ3v) is 5.77. The summed E-state index contributed by atoms with van der Waals surface area (Å²) < 4.78 is 13.0. The fraction of sp³-hybridized carbons (Fsp3) is 0.353. The highest BCUT2D eigenvalue weighted by atomic mass is 32.1. The normalized spacial score (nSPS) is 20.6. The van der Waals surface area contributed by atoms with Gasteiger partial charge in [-0.15, -0.1) is 11.3 Å². The number of nitrogens with one attached hydrogen (secondary N) is 1. The van der Waals surface area contributed by atoms with Crippen molar-refractivity contribution in [1.29, 1.82) is 0 Å². The summed E-state index contributed by atoms with van der Waals surface area (Å²) in [6.45, 7) is 0.960. The van der Waals surface area contributed by atoms with Gasteiger partial charge in [0.2, 0.25) is 0 Å². The first-order valence-corrected chi connectivity index (χ1v) is 8.90. The van der Waals surface area contributed by atoms with Crippen LogP contribution in [0.1, 0.15) is 29.3 Å². The first-order valence-electron chi connectivity index (χ1n) is 7.62. The topological polar surface area (TPSA) is 15.3 Å². The summed E-state index contributed by atoms with van der Waals surface area (Å²) in [5.74, 6) is 0.495. The number of thiophene rings is 1. The van der Waals surface area contributed by atoms with Crippen molar-refractivity contribution < 1.29 is 4.39 Å². The van der Waals surface area contributed by atoms with Crippen molar-refractivity contribution in [3.63, 3.8) is 0 Å².